The first-order valence-electron chi connectivity index (χ1n) is 6.25. The average molecular weight is 303 g/mol. The molecular formula is C15H13NO4S. The number of aromatic nitrogens is 1. The molecule has 1 aromatic heterocycles. The van der Waals surface area contributed by atoms with E-state index >= 15 is 0 Å². The summed E-state index contributed by atoms with van der Waals surface area (Å²) in [7, 11) is 0. The summed E-state index contributed by atoms with van der Waals surface area (Å²) < 4.78 is 4.98. The van der Waals surface area contributed by atoms with Gasteiger partial charge in [-0.1, -0.05) is 17.8 Å². The molecule has 1 heterocycles. The van der Waals surface area contributed by atoms with Crippen molar-refractivity contribution in [3.8, 4) is 0 Å². The second kappa shape index (κ2) is 6.90. The second-order valence-electron chi connectivity index (χ2n) is 4.01. The Balaban J connectivity index is 2.29. The lowest BCUT2D eigenvalue weighted by Gasteiger charge is -2.07. The first-order chi connectivity index (χ1) is 10.1. The minimum absolute atomic E-state index is 0.189. The van der Waals surface area contributed by atoms with Crippen molar-refractivity contribution < 1.29 is 19.4 Å². The number of benzene rings is 1. The van der Waals surface area contributed by atoms with Gasteiger partial charge in [-0.3, -0.25) is 0 Å². The molecular weight excluding hydrogens is 290 g/mol. The van der Waals surface area contributed by atoms with Gasteiger partial charge in [0.15, 0.2) is 0 Å². The van der Waals surface area contributed by atoms with Crippen molar-refractivity contribution in [3.05, 3.63) is 53.7 Å². The molecule has 0 bridgehead atoms. The molecule has 0 aliphatic rings. The number of carbonyl (C=O) groups is 2. The molecule has 0 aliphatic heterocycles. The Hall–Kier alpha value is -2.34. The quantitative estimate of drug-likeness (QED) is 0.855. The Morgan fingerprint density at radius 2 is 2.10 bits per heavy atom. The van der Waals surface area contributed by atoms with Crippen molar-refractivity contribution in [2.24, 2.45) is 0 Å². The summed E-state index contributed by atoms with van der Waals surface area (Å²) in [6.45, 7) is 2.02. The smallest absolute Gasteiger partial charge is 0.340 e. The van der Waals surface area contributed by atoms with Crippen LogP contribution in [0.25, 0.3) is 0 Å². The maximum Gasteiger partial charge on any atom is 0.340 e. The van der Waals surface area contributed by atoms with Crippen molar-refractivity contribution in [3.63, 3.8) is 0 Å². The molecule has 0 saturated carbocycles. The van der Waals surface area contributed by atoms with Crippen molar-refractivity contribution in [2.75, 3.05) is 6.61 Å². The number of rotatable bonds is 5. The van der Waals surface area contributed by atoms with Crippen molar-refractivity contribution in [1.82, 2.24) is 4.98 Å². The lowest BCUT2D eigenvalue weighted by molar-refractivity contribution is 0.0520. The van der Waals surface area contributed by atoms with Crippen molar-refractivity contribution >= 4 is 23.7 Å². The number of hydrogen-bond donors (Lipinski definition) is 1. The Morgan fingerprint density at radius 3 is 2.81 bits per heavy atom. The highest BCUT2D eigenvalue weighted by Crippen LogP contribution is 2.29. The molecule has 0 radical (unpaired) electrons. The molecule has 1 N–H and O–H groups in total. The van der Waals surface area contributed by atoms with Crippen LogP contribution in [-0.2, 0) is 4.74 Å². The third-order valence-corrected chi connectivity index (χ3v) is 3.57. The van der Waals surface area contributed by atoms with Crippen LogP contribution in [0.3, 0.4) is 0 Å². The van der Waals surface area contributed by atoms with E-state index in [1.807, 2.05) is 0 Å². The van der Waals surface area contributed by atoms with Gasteiger partial charge < -0.3 is 9.84 Å². The number of carbonyl (C=O) groups excluding carboxylic acids is 1. The van der Waals surface area contributed by atoms with E-state index in [2.05, 4.69) is 4.98 Å². The van der Waals surface area contributed by atoms with E-state index in [0.717, 1.165) is 0 Å². The predicted molar refractivity (Wildman–Crippen MR) is 77.7 cm³/mol. The zero-order valence-electron chi connectivity index (χ0n) is 11.3. The SMILES string of the molecule is CCOC(=O)c1cccnc1Sc1cccc(C(=O)O)c1. The number of esters is 1. The summed E-state index contributed by atoms with van der Waals surface area (Å²) in [5.74, 6) is -1.44. The fourth-order valence-electron chi connectivity index (χ4n) is 1.64. The molecule has 6 heteroatoms. The van der Waals surface area contributed by atoms with Crippen LogP contribution in [0.5, 0.6) is 0 Å². The van der Waals surface area contributed by atoms with Crippen LogP contribution in [0.15, 0.2) is 52.5 Å². The Bertz CT molecular complexity index is 672. The molecule has 0 atom stereocenters. The van der Waals surface area contributed by atoms with E-state index in [0.29, 0.717) is 15.5 Å². The number of hydrogen-bond acceptors (Lipinski definition) is 5. The normalized spacial score (nSPS) is 10.1. The van der Waals surface area contributed by atoms with E-state index in [9.17, 15) is 9.59 Å². The minimum Gasteiger partial charge on any atom is -0.478 e. The molecule has 21 heavy (non-hydrogen) atoms. The predicted octanol–water partition coefficient (Wildman–Crippen LogP) is 3.11. The van der Waals surface area contributed by atoms with E-state index in [-0.39, 0.29) is 12.2 Å². The van der Waals surface area contributed by atoms with E-state index in [4.69, 9.17) is 9.84 Å². The Labute approximate surface area is 126 Å². The fourth-order valence-corrected chi connectivity index (χ4v) is 2.57. The number of aromatic carboxylic acids is 1. The molecule has 5 nitrogen and oxygen atoms in total. The Kier molecular flexibility index (Phi) is 4.94. The highest BCUT2D eigenvalue weighted by atomic mass is 32.2. The van der Waals surface area contributed by atoms with Gasteiger partial charge >= 0.3 is 11.9 Å². The lowest BCUT2D eigenvalue weighted by atomic mass is 10.2. The van der Waals surface area contributed by atoms with Gasteiger partial charge in [-0.25, -0.2) is 14.6 Å². The van der Waals surface area contributed by atoms with E-state index in [1.165, 1.54) is 23.9 Å². The molecule has 2 aromatic rings. The summed E-state index contributed by atoms with van der Waals surface area (Å²) in [4.78, 5) is 27.7. The molecule has 0 spiro atoms. The monoisotopic (exact) mass is 303 g/mol. The molecule has 1 aromatic carbocycles. The number of carboxylic acid groups (broad SMARTS) is 1. The van der Waals surface area contributed by atoms with Crippen molar-refractivity contribution in [1.29, 1.82) is 0 Å². The van der Waals surface area contributed by atoms with Crippen LogP contribution in [0.4, 0.5) is 0 Å². The van der Waals surface area contributed by atoms with Gasteiger partial charge in [-0.05, 0) is 37.3 Å². The number of nitrogens with zero attached hydrogens (tertiary/aromatic N) is 1. The summed E-state index contributed by atoms with van der Waals surface area (Å²) in [6.07, 6.45) is 1.58. The maximum absolute atomic E-state index is 11.9. The molecule has 108 valence electrons. The highest BCUT2D eigenvalue weighted by Gasteiger charge is 2.14. The third-order valence-electron chi connectivity index (χ3n) is 2.56. The number of ether oxygens (including phenoxy) is 1. The highest BCUT2D eigenvalue weighted by molar-refractivity contribution is 7.99. The molecule has 2 rings (SSSR count). The second-order valence-corrected chi connectivity index (χ2v) is 5.07. The van der Waals surface area contributed by atoms with Crippen molar-refractivity contribution in [2.45, 2.75) is 16.8 Å². The van der Waals surface area contributed by atoms with Gasteiger partial charge in [0.2, 0.25) is 0 Å². The summed E-state index contributed by atoms with van der Waals surface area (Å²) in [6, 6.07) is 9.76. The van der Waals surface area contributed by atoms with Crippen LogP contribution in [0.1, 0.15) is 27.6 Å². The van der Waals surface area contributed by atoms with Crippen LogP contribution < -0.4 is 0 Å². The summed E-state index contributed by atoms with van der Waals surface area (Å²) in [5.41, 5.74) is 0.554. The lowest BCUT2D eigenvalue weighted by Crippen LogP contribution is -2.07. The van der Waals surface area contributed by atoms with Gasteiger partial charge in [0.1, 0.15) is 5.03 Å². The molecule has 0 unspecified atom stereocenters. The molecule has 0 amide bonds. The third kappa shape index (κ3) is 3.82. The molecule has 0 aliphatic carbocycles. The zero-order chi connectivity index (χ0) is 15.2. The molecule has 0 fully saturated rings. The van der Waals surface area contributed by atoms with Gasteiger partial charge in [0.25, 0.3) is 0 Å². The topological polar surface area (TPSA) is 76.5 Å². The maximum atomic E-state index is 11.9. The van der Waals surface area contributed by atoms with E-state index in [1.54, 1.807) is 37.4 Å². The van der Waals surface area contributed by atoms with Crippen LogP contribution >= 0.6 is 11.8 Å². The first-order valence-corrected chi connectivity index (χ1v) is 7.07. The number of pyridine rings is 1. The summed E-state index contributed by atoms with van der Waals surface area (Å²) in [5, 5.41) is 9.47. The summed E-state index contributed by atoms with van der Waals surface area (Å²) >= 11 is 1.22. The Morgan fingerprint density at radius 1 is 1.29 bits per heavy atom. The van der Waals surface area contributed by atoms with Crippen LogP contribution in [0.2, 0.25) is 0 Å². The number of carboxylic acids is 1. The van der Waals surface area contributed by atoms with E-state index < -0.39 is 11.9 Å². The van der Waals surface area contributed by atoms with Crippen LogP contribution in [0, 0.1) is 0 Å². The fraction of sp³-hybridized carbons (Fsp3) is 0.133. The van der Waals surface area contributed by atoms with Gasteiger partial charge in [-0.15, -0.1) is 0 Å². The molecule has 0 saturated heterocycles. The van der Waals surface area contributed by atoms with Crippen LogP contribution in [-0.4, -0.2) is 28.6 Å². The first kappa shape index (κ1) is 15.1. The minimum atomic E-state index is -0.996. The standard InChI is InChI=1S/C15H13NO4S/c1-2-20-15(19)12-7-4-8-16-13(12)21-11-6-3-5-10(9-11)14(17)18/h3-9H,2H2,1H3,(H,17,18). The van der Waals surface area contributed by atoms with Gasteiger partial charge in [-0.2, -0.15) is 0 Å². The largest absolute Gasteiger partial charge is 0.478 e. The van der Waals surface area contributed by atoms with Gasteiger partial charge in [0.05, 0.1) is 17.7 Å². The van der Waals surface area contributed by atoms with Gasteiger partial charge in [0, 0.05) is 11.1 Å². The average Bonchev–Trinajstić information content (AvgIpc) is 2.48. The zero-order valence-corrected chi connectivity index (χ0v) is 12.1.